The molecule has 4 N–H and O–H groups in total. The van der Waals surface area contributed by atoms with Crippen molar-refractivity contribution in [2.75, 3.05) is 5.43 Å². The molecule has 0 saturated carbocycles. The van der Waals surface area contributed by atoms with Gasteiger partial charge in [-0.25, -0.2) is 0 Å². The van der Waals surface area contributed by atoms with Gasteiger partial charge in [-0.2, -0.15) is 8.42 Å². The fourth-order valence-corrected chi connectivity index (χ4v) is 1.45. The van der Waals surface area contributed by atoms with E-state index in [2.05, 4.69) is 5.43 Å². The first kappa shape index (κ1) is 10.3. The Labute approximate surface area is 80.2 Å². The minimum absolute atomic E-state index is 0.233. The van der Waals surface area contributed by atoms with E-state index < -0.39 is 10.1 Å². The first-order chi connectivity index (χ1) is 5.95. The van der Waals surface area contributed by atoms with Crippen LogP contribution in [0.5, 0.6) is 0 Å². The van der Waals surface area contributed by atoms with Crippen LogP contribution >= 0.6 is 11.6 Å². The third-order valence-corrected chi connectivity index (χ3v) is 2.57. The van der Waals surface area contributed by atoms with E-state index in [9.17, 15) is 8.42 Å². The SMILES string of the molecule is NNc1cc(S(=O)(=O)O)ccc1Cl. The van der Waals surface area contributed by atoms with Crippen molar-refractivity contribution in [1.29, 1.82) is 0 Å². The molecule has 0 aromatic heterocycles. The van der Waals surface area contributed by atoms with Gasteiger partial charge < -0.3 is 5.43 Å². The van der Waals surface area contributed by atoms with Crippen molar-refractivity contribution in [3.8, 4) is 0 Å². The molecule has 0 spiro atoms. The number of halogens is 1. The number of benzene rings is 1. The highest BCUT2D eigenvalue weighted by molar-refractivity contribution is 7.85. The zero-order chi connectivity index (χ0) is 10.1. The molecule has 0 fully saturated rings. The Bertz CT molecular complexity index is 418. The molecule has 0 aliphatic carbocycles. The number of anilines is 1. The highest BCUT2D eigenvalue weighted by Crippen LogP contribution is 2.23. The van der Waals surface area contributed by atoms with E-state index in [1.54, 1.807) is 0 Å². The maximum atomic E-state index is 10.7. The Morgan fingerprint density at radius 2 is 2.08 bits per heavy atom. The molecule has 72 valence electrons. The average Bonchev–Trinajstić information content (AvgIpc) is 2.03. The highest BCUT2D eigenvalue weighted by Gasteiger charge is 2.11. The minimum Gasteiger partial charge on any atom is -0.323 e. The van der Waals surface area contributed by atoms with E-state index in [0.717, 1.165) is 6.07 Å². The normalized spacial score (nSPS) is 11.3. The quantitative estimate of drug-likeness (QED) is 0.392. The first-order valence-corrected chi connectivity index (χ1v) is 5.00. The Morgan fingerprint density at radius 3 is 2.54 bits per heavy atom. The van der Waals surface area contributed by atoms with Crippen LogP contribution in [-0.2, 0) is 10.1 Å². The number of hydrogen-bond acceptors (Lipinski definition) is 4. The summed E-state index contributed by atoms with van der Waals surface area (Å²) in [7, 11) is -4.21. The molecule has 0 saturated heterocycles. The van der Waals surface area contributed by atoms with Crippen LogP contribution in [-0.4, -0.2) is 13.0 Å². The molecule has 0 aliphatic heterocycles. The lowest BCUT2D eigenvalue weighted by Crippen LogP contribution is -2.08. The van der Waals surface area contributed by atoms with E-state index >= 15 is 0 Å². The average molecular weight is 223 g/mol. The summed E-state index contributed by atoms with van der Waals surface area (Å²) >= 11 is 5.63. The second kappa shape index (κ2) is 3.51. The zero-order valence-electron chi connectivity index (χ0n) is 6.36. The van der Waals surface area contributed by atoms with Gasteiger partial charge in [0, 0.05) is 0 Å². The molecular weight excluding hydrogens is 216 g/mol. The van der Waals surface area contributed by atoms with Gasteiger partial charge >= 0.3 is 0 Å². The summed E-state index contributed by atoms with van der Waals surface area (Å²) in [5.74, 6) is 5.05. The standard InChI is InChI=1S/C6H7ClN2O3S/c7-5-2-1-4(13(10,11)12)3-6(5)9-8/h1-3,9H,8H2,(H,10,11,12). The van der Waals surface area contributed by atoms with E-state index in [0.29, 0.717) is 0 Å². The molecule has 13 heavy (non-hydrogen) atoms. The maximum absolute atomic E-state index is 10.7. The van der Waals surface area contributed by atoms with E-state index in [1.807, 2.05) is 0 Å². The second-order valence-corrected chi connectivity index (χ2v) is 4.09. The molecule has 0 radical (unpaired) electrons. The molecular formula is C6H7ClN2O3S. The monoisotopic (exact) mass is 222 g/mol. The van der Waals surface area contributed by atoms with Gasteiger partial charge in [0.05, 0.1) is 15.6 Å². The van der Waals surface area contributed by atoms with Crippen LogP contribution in [0.2, 0.25) is 5.02 Å². The van der Waals surface area contributed by atoms with Crippen molar-refractivity contribution >= 4 is 27.4 Å². The second-order valence-electron chi connectivity index (χ2n) is 2.26. The third-order valence-electron chi connectivity index (χ3n) is 1.39. The van der Waals surface area contributed by atoms with E-state index in [-0.39, 0.29) is 15.6 Å². The highest BCUT2D eigenvalue weighted by atomic mass is 35.5. The minimum atomic E-state index is -4.21. The summed E-state index contributed by atoms with van der Waals surface area (Å²) in [5.41, 5.74) is 2.43. The molecule has 0 unspecified atom stereocenters. The van der Waals surface area contributed by atoms with Crippen LogP contribution in [0, 0.1) is 0 Å². The lowest BCUT2D eigenvalue weighted by molar-refractivity contribution is 0.483. The number of hydrazine groups is 1. The summed E-state index contributed by atoms with van der Waals surface area (Å²) in [5, 5.41) is 0.273. The van der Waals surface area contributed by atoms with E-state index in [4.69, 9.17) is 22.0 Å². The van der Waals surface area contributed by atoms with Crippen molar-refractivity contribution < 1.29 is 13.0 Å². The Morgan fingerprint density at radius 1 is 1.46 bits per heavy atom. The summed E-state index contributed by atoms with van der Waals surface area (Å²) in [4.78, 5) is -0.259. The fraction of sp³-hybridized carbons (Fsp3) is 0. The molecule has 1 aromatic rings. The van der Waals surface area contributed by atoms with Crippen LogP contribution < -0.4 is 11.3 Å². The zero-order valence-corrected chi connectivity index (χ0v) is 7.93. The van der Waals surface area contributed by atoms with Gasteiger partial charge in [0.25, 0.3) is 10.1 Å². The van der Waals surface area contributed by atoms with Crippen molar-refractivity contribution in [3.63, 3.8) is 0 Å². The van der Waals surface area contributed by atoms with Crippen molar-refractivity contribution in [1.82, 2.24) is 0 Å². The predicted octanol–water partition coefficient (Wildman–Crippen LogP) is 0.872. The molecule has 0 heterocycles. The largest absolute Gasteiger partial charge is 0.323 e. The first-order valence-electron chi connectivity index (χ1n) is 3.19. The lowest BCUT2D eigenvalue weighted by Gasteiger charge is -2.04. The summed E-state index contributed by atoms with van der Waals surface area (Å²) in [6.45, 7) is 0. The third kappa shape index (κ3) is 2.31. The summed E-state index contributed by atoms with van der Waals surface area (Å²) in [6, 6.07) is 3.63. The molecule has 5 nitrogen and oxygen atoms in total. The number of nitrogen functional groups attached to an aromatic ring is 1. The summed E-state index contributed by atoms with van der Waals surface area (Å²) in [6.07, 6.45) is 0. The Balaban J connectivity index is 3.30. The van der Waals surface area contributed by atoms with Crippen LogP contribution in [0.4, 0.5) is 5.69 Å². The Hall–Kier alpha value is -0.820. The molecule has 0 atom stereocenters. The van der Waals surface area contributed by atoms with Gasteiger partial charge in [0.2, 0.25) is 0 Å². The van der Waals surface area contributed by atoms with Gasteiger partial charge in [0.15, 0.2) is 0 Å². The number of rotatable bonds is 2. The lowest BCUT2D eigenvalue weighted by atomic mass is 10.3. The van der Waals surface area contributed by atoms with Gasteiger partial charge in [-0.05, 0) is 18.2 Å². The smallest absolute Gasteiger partial charge is 0.294 e. The molecule has 7 heteroatoms. The van der Waals surface area contributed by atoms with Gasteiger partial charge in [-0.15, -0.1) is 0 Å². The Kier molecular flexibility index (Phi) is 2.77. The van der Waals surface area contributed by atoms with Crippen molar-refractivity contribution in [2.24, 2.45) is 5.84 Å². The van der Waals surface area contributed by atoms with Gasteiger partial charge in [-0.3, -0.25) is 10.4 Å². The number of hydrogen-bond donors (Lipinski definition) is 3. The predicted molar refractivity (Wildman–Crippen MR) is 49.1 cm³/mol. The van der Waals surface area contributed by atoms with E-state index in [1.165, 1.54) is 12.1 Å². The van der Waals surface area contributed by atoms with Crippen molar-refractivity contribution in [2.45, 2.75) is 4.90 Å². The molecule has 0 amide bonds. The van der Waals surface area contributed by atoms with Crippen LogP contribution in [0.25, 0.3) is 0 Å². The van der Waals surface area contributed by atoms with Crippen LogP contribution in [0.1, 0.15) is 0 Å². The fourth-order valence-electron chi connectivity index (χ4n) is 0.775. The van der Waals surface area contributed by atoms with Crippen LogP contribution in [0.15, 0.2) is 23.1 Å². The summed E-state index contributed by atoms with van der Waals surface area (Å²) < 4.78 is 30.0. The molecule has 1 rings (SSSR count). The number of nitrogens with one attached hydrogen (secondary N) is 1. The maximum Gasteiger partial charge on any atom is 0.294 e. The number of nitrogens with two attached hydrogens (primary N) is 1. The topological polar surface area (TPSA) is 92.4 Å². The van der Waals surface area contributed by atoms with Crippen molar-refractivity contribution in [3.05, 3.63) is 23.2 Å². The van der Waals surface area contributed by atoms with Gasteiger partial charge in [-0.1, -0.05) is 11.6 Å². The molecule has 0 aliphatic rings. The van der Waals surface area contributed by atoms with Gasteiger partial charge in [0.1, 0.15) is 0 Å². The van der Waals surface area contributed by atoms with Crippen LogP contribution in [0.3, 0.4) is 0 Å². The molecule has 1 aromatic carbocycles. The molecule has 0 bridgehead atoms.